The van der Waals surface area contributed by atoms with Crippen LogP contribution in [0.25, 0.3) is 0 Å². The Morgan fingerprint density at radius 1 is 0.800 bits per heavy atom. The lowest BCUT2D eigenvalue weighted by atomic mass is 9.80. The van der Waals surface area contributed by atoms with Gasteiger partial charge in [-0.15, -0.1) is 0 Å². The summed E-state index contributed by atoms with van der Waals surface area (Å²) in [6.07, 6.45) is 5.04. The van der Waals surface area contributed by atoms with Crippen molar-refractivity contribution in [2.75, 3.05) is 5.01 Å². The second-order valence-corrected chi connectivity index (χ2v) is 8.99. The highest BCUT2D eigenvalue weighted by molar-refractivity contribution is 6.05. The summed E-state index contributed by atoms with van der Waals surface area (Å²) in [7, 11) is 0. The quantitative estimate of drug-likeness (QED) is 0.546. The molecule has 3 aromatic carbocycles. The van der Waals surface area contributed by atoms with Crippen molar-refractivity contribution >= 4 is 23.4 Å². The van der Waals surface area contributed by atoms with E-state index in [-0.39, 0.29) is 29.6 Å². The van der Waals surface area contributed by atoms with Crippen LogP contribution in [-0.4, -0.2) is 22.6 Å². The number of fused-ring (bicyclic) bond motifs is 1. The van der Waals surface area contributed by atoms with Crippen LogP contribution in [0.3, 0.4) is 0 Å². The van der Waals surface area contributed by atoms with Gasteiger partial charge in [-0.3, -0.25) is 19.8 Å². The van der Waals surface area contributed by atoms with Crippen LogP contribution in [0.1, 0.15) is 34.3 Å². The van der Waals surface area contributed by atoms with Gasteiger partial charge in [0.1, 0.15) is 0 Å². The van der Waals surface area contributed by atoms with E-state index in [1.54, 1.807) is 29.2 Å². The molecule has 2 unspecified atom stereocenters. The molecule has 3 aromatic rings. The van der Waals surface area contributed by atoms with E-state index in [0.29, 0.717) is 37.2 Å². The van der Waals surface area contributed by atoms with Crippen molar-refractivity contribution < 1.29 is 14.4 Å². The van der Waals surface area contributed by atoms with Gasteiger partial charge in [0.05, 0.1) is 17.5 Å². The molecule has 6 heteroatoms. The number of hydrazine groups is 1. The summed E-state index contributed by atoms with van der Waals surface area (Å²) in [5, 5.41) is 1.30. The van der Waals surface area contributed by atoms with E-state index in [9.17, 15) is 14.4 Å². The molecule has 6 nitrogen and oxygen atoms in total. The van der Waals surface area contributed by atoms with Gasteiger partial charge < -0.3 is 4.90 Å². The van der Waals surface area contributed by atoms with Crippen LogP contribution in [0.5, 0.6) is 0 Å². The Labute approximate surface area is 204 Å². The fraction of sp³-hybridized carbons (Fsp3) is 0.207. The summed E-state index contributed by atoms with van der Waals surface area (Å²) < 4.78 is 0. The number of anilines is 1. The summed E-state index contributed by atoms with van der Waals surface area (Å²) >= 11 is 0. The van der Waals surface area contributed by atoms with Gasteiger partial charge >= 0.3 is 0 Å². The normalized spacial score (nSPS) is 19.1. The van der Waals surface area contributed by atoms with E-state index < -0.39 is 0 Å². The minimum atomic E-state index is -0.374. The minimum absolute atomic E-state index is 0.144. The molecule has 1 saturated heterocycles. The van der Waals surface area contributed by atoms with Crippen molar-refractivity contribution in [3.05, 3.63) is 114 Å². The zero-order valence-corrected chi connectivity index (χ0v) is 19.3. The van der Waals surface area contributed by atoms with Crippen LogP contribution < -0.4 is 10.4 Å². The third kappa shape index (κ3) is 4.87. The number of rotatable bonds is 6. The number of nitrogens with one attached hydrogen (secondary N) is 1. The molecule has 5 rings (SSSR count). The molecule has 1 aliphatic carbocycles. The lowest BCUT2D eigenvalue weighted by Crippen LogP contribution is -2.59. The van der Waals surface area contributed by atoms with Crippen LogP contribution in [-0.2, 0) is 22.7 Å². The summed E-state index contributed by atoms with van der Waals surface area (Å²) in [5.74, 6) is -1.16. The molecule has 176 valence electrons. The predicted molar refractivity (Wildman–Crippen MR) is 134 cm³/mol. The molecule has 1 aliphatic heterocycles. The fourth-order valence-corrected chi connectivity index (χ4v) is 4.75. The van der Waals surface area contributed by atoms with Crippen molar-refractivity contribution in [3.63, 3.8) is 0 Å². The number of hydrogen-bond donors (Lipinski definition) is 1. The number of hydrogen-bond acceptors (Lipinski definition) is 3. The average Bonchev–Trinajstić information content (AvgIpc) is 2.91. The second kappa shape index (κ2) is 9.97. The summed E-state index contributed by atoms with van der Waals surface area (Å²) in [5.41, 5.74) is 5.75. The lowest BCUT2D eigenvalue weighted by Gasteiger charge is -2.38. The minimum Gasteiger partial charge on any atom is -0.330 e. The first-order valence-corrected chi connectivity index (χ1v) is 11.9. The van der Waals surface area contributed by atoms with Gasteiger partial charge in [-0.05, 0) is 42.2 Å². The first-order valence-electron chi connectivity index (χ1n) is 11.9. The van der Waals surface area contributed by atoms with Crippen molar-refractivity contribution in [3.8, 4) is 0 Å². The van der Waals surface area contributed by atoms with E-state index in [2.05, 4.69) is 5.43 Å². The van der Waals surface area contributed by atoms with Crippen molar-refractivity contribution in [2.24, 2.45) is 11.8 Å². The highest BCUT2D eigenvalue weighted by Gasteiger charge is 2.42. The SMILES string of the molecule is O=C1NN(c2cccc(C(=O)N(Cc3ccccc3)Cc3ccccc3)c2)C(=O)C2CC=CCC12. The van der Waals surface area contributed by atoms with Crippen molar-refractivity contribution in [1.29, 1.82) is 0 Å². The van der Waals surface area contributed by atoms with Crippen LogP contribution in [0.4, 0.5) is 5.69 Å². The van der Waals surface area contributed by atoms with Crippen LogP contribution in [0, 0.1) is 11.8 Å². The van der Waals surface area contributed by atoms with Crippen LogP contribution in [0.2, 0.25) is 0 Å². The molecule has 35 heavy (non-hydrogen) atoms. The molecule has 1 heterocycles. The molecular formula is C29H27N3O3. The second-order valence-electron chi connectivity index (χ2n) is 8.99. The molecule has 1 fully saturated rings. The van der Waals surface area contributed by atoms with Gasteiger partial charge in [-0.2, -0.15) is 0 Å². The molecule has 2 atom stereocenters. The Hall–Kier alpha value is -4.19. The molecule has 0 radical (unpaired) electrons. The monoisotopic (exact) mass is 465 g/mol. The summed E-state index contributed by atoms with van der Waals surface area (Å²) in [6, 6.07) is 26.6. The third-order valence-corrected chi connectivity index (χ3v) is 6.60. The first-order chi connectivity index (χ1) is 17.1. The maximum atomic E-state index is 13.7. The van der Waals surface area contributed by atoms with Crippen molar-refractivity contribution in [2.45, 2.75) is 25.9 Å². The van der Waals surface area contributed by atoms with Gasteiger partial charge in [0.2, 0.25) is 11.8 Å². The molecule has 2 aliphatic rings. The van der Waals surface area contributed by atoms with E-state index in [1.807, 2.05) is 72.8 Å². The van der Waals surface area contributed by atoms with Crippen molar-refractivity contribution in [1.82, 2.24) is 10.3 Å². The number of allylic oxidation sites excluding steroid dienone is 2. The Kier molecular flexibility index (Phi) is 6.44. The van der Waals surface area contributed by atoms with Crippen LogP contribution in [0.15, 0.2) is 97.1 Å². The molecule has 0 saturated carbocycles. The van der Waals surface area contributed by atoms with Gasteiger partial charge in [0.15, 0.2) is 0 Å². The van der Waals surface area contributed by atoms with E-state index in [0.717, 1.165) is 11.1 Å². The molecule has 0 aromatic heterocycles. The number of carbonyl (C=O) groups excluding carboxylic acids is 3. The largest absolute Gasteiger partial charge is 0.330 e. The molecule has 0 bridgehead atoms. The lowest BCUT2D eigenvalue weighted by molar-refractivity contribution is -0.139. The zero-order chi connectivity index (χ0) is 24.2. The predicted octanol–water partition coefficient (Wildman–Crippen LogP) is 4.49. The third-order valence-electron chi connectivity index (χ3n) is 6.60. The van der Waals surface area contributed by atoms with Gasteiger partial charge in [0, 0.05) is 18.7 Å². The standard InChI is InChI=1S/C29H27N3O3/c33-27-25-16-7-8-17-26(25)29(35)32(30-27)24-15-9-14-23(18-24)28(34)31(19-21-10-3-1-4-11-21)20-22-12-5-2-6-13-22/h1-15,18,25-26H,16-17,19-20H2,(H,30,33). The Morgan fingerprint density at radius 2 is 1.40 bits per heavy atom. The highest BCUT2D eigenvalue weighted by atomic mass is 16.2. The topological polar surface area (TPSA) is 69.7 Å². The molecule has 0 spiro atoms. The van der Waals surface area contributed by atoms with Gasteiger partial charge in [-0.25, -0.2) is 5.01 Å². The summed E-state index contributed by atoms with van der Waals surface area (Å²) in [6.45, 7) is 0.905. The van der Waals surface area contributed by atoms with Crippen LogP contribution >= 0.6 is 0 Å². The van der Waals surface area contributed by atoms with Gasteiger partial charge in [0.25, 0.3) is 5.91 Å². The fourth-order valence-electron chi connectivity index (χ4n) is 4.75. The summed E-state index contributed by atoms with van der Waals surface area (Å²) in [4.78, 5) is 41.3. The molecular weight excluding hydrogens is 438 g/mol. The average molecular weight is 466 g/mol. The number of carbonyl (C=O) groups is 3. The van der Waals surface area contributed by atoms with Gasteiger partial charge in [-0.1, -0.05) is 78.9 Å². The smallest absolute Gasteiger partial charge is 0.254 e. The maximum absolute atomic E-state index is 13.7. The van der Waals surface area contributed by atoms with E-state index in [1.165, 1.54) is 5.01 Å². The number of amides is 3. The Balaban J connectivity index is 1.42. The maximum Gasteiger partial charge on any atom is 0.254 e. The highest BCUT2D eigenvalue weighted by Crippen LogP contribution is 2.32. The number of nitrogens with zero attached hydrogens (tertiary/aromatic N) is 2. The Morgan fingerprint density at radius 3 is 2.03 bits per heavy atom. The first kappa shape index (κ1) is 22.6. The van der Waals surface area contributed by atoms with E-state index in [4.69, 9.17) is 0 Å². The number of benzene rings is 3. The molecule has 3 amide bonds. The zero-order valence-electron chi connectivity index (χ0n) is 19.3. The van der Waals surface area contributed by atoms with E-state index >= 15 is 0 Å². The Bertz CT molecular complexity index is 1210. The molecule has 1 N–H and O–H groups in total.